The van der Waals surface area contributed by atoms with Crippen LogP contribution in [0.4, 0.5) is 0 Å². The molecular formula is C14H22N2O2S2. The molecule has 2 heterocycles. The first-order valence-corrected chi connectivity index (χ1v) is 9.22. The van der Waals surface area contributed by atoms with Crippen LogP contribution in [-0.4, -0.2) is 32.4 Å². The Bertz CT molecular complexity index is 603. The zero-order valence-electron chi connectivity index (χ0n) is 12.3. The van der Waals surface area contributed by atoms with Crippen molar-refractivity contribution in [3.05, 3.63) is 27.5 Å². The SMILES string of the molecule is CCNCc1scc(C)c1S(=O)(=O)N1CCC=C(C)C1. The van der Waals surface area contributed by atoms with Crippen molar-refractivity contribution in [3.63, 3.8) is 0 Å². The Hall–Kier alpha value is -0.690. The lowest BCUT2D eigenvalue weighted by atomic mass is 10.2. The molecule has 1 N–H and O–H groups in total. The second-order valence-electron chi connectivity index (χ2n) is 5.13. The van der Waals surface area contributed by atoms with E-state index < -0.39 is 10.0 Å². The Morgan fingerprint density at radius 3 is 2.80 bits per heavy atom. The fourth-order valence-corrected chi connectivity index (χ4v) is 5.63. The summed E-state index contributed by atoms with van der Waals surface area (Å²) in [6.45, 7) is 8.43. The number of hydrogen-bond acceptors (Lipinski definition) is 4. The van der Waals surface area contributed by atoms with Gasteiger partial charge in [-0.2, -0.15) is 4.31 Å². The molecule has 0 saturated heterocycles. The Labute approximate surface area is 125 Å². The van der Waals surface area contributed by atoms with Crippen LogP contribution >= 0.6 is 11.3 Å². The van der Waals surface area contributed by atoms with Gasteiger partial charge < -0.3 is 5.32 Å². The summed E-state index contributed by atoms with van der Waals surface area (Å²) in [4.78, 5) is 1.43. The smallest absolute Gasteiger partial charge is 0.244 e. The number of hydrogen-bond donors (Lipinski definition) is 1. The van der Waals surface area contributed by atoms with Crippen molar-refractivity contribution in [2.24, 2.45) is 0 Å². The number of nitrogens with one attached hydrogen (secondary N) is 1. The van der Waals surface area contributed by atoms with Gasteiger partial charge in [0.1, 0.15) is 4.90 Å². The average Bonchev–Trinajstić information content (AvgIpc) is 2.78. The van der Waals surface area contributed by atoms with Crippen molar-refractivity contribution < 1.29 is 8.42 Å². The van der Waals surface area contributed by atoms with Crippen LogP contribution in [0.3, 0.4) is 0 Å². The van der Waals surface area contributed by atoms with Crippen LogP contribution < -0.4 is 5.32 Å². The third-order valence-electron chi connectivity index (χ3n) is 3.42. The van der Waals surface area contributed by atoms with Crippen LogP contribution in [0.5, 0.6) is 0 Å². The number of sulfonamides is 1. The quantitative estimate of drug-likeness (QED) is 0.850. The predicted octanol–water partition coefficient (Wildman–Crippen LogP) is 2.51. The van der Waals surface area contributed by atoms with Crippen molar-refractivity contribution in [2.45, 2.75) is 38.6 Å². The Morgan fingerprint density at radius 2 is 2.15 bits per heavy atom. The van der Waals surface area contributed by atoms with Crippen LogP contribution in [-0.2, 0) is 16.6 Å². The molecule has 4 nitrogen and oxygen atoms in total. The topological polar surface area (TPSA) is 49.4 Å². The highest BCUT2D eigenvalue weighted by molar-refractivity contribution is 7.89. The molecule has 0 unspecified atom stereocenters. The maximum Gasteiger partial charge on any atom is 0.244 e. The van der Waals surface area contributed by atoms with E-state index in [1.807, 2.05) is 26.2 Å². The lowest BCUT2D eigenvalue weighted by molar-refractivity contribution is 0.427. The van der Waals surface area contributed by atoms with E-state index in [-0.39, 0.29) is 0 Å². The highest BCUT2D eigenvalue weighted by Gasteiger charge is 2.30. The Morgan fingerprint density at radius 1 is 1.40 bits per heavy atom. The van der Waals surface area contributed by atoms with Crippen molar-refractivity contribution in [1.82, 2.24) is 9.62 Å². The first kappa shape index (κ1) is 15.7. The summed E-state index contributed by atoms with van der Waals surface area (Å²) in [7, 11) is -3.38. The van der Waals surface area contributed by atoms with Crippen LogP contribution in [0.2, 0.25) is 0 Å². The lowest BCUT2D eigenvalue weighted by Crippen LogP contribution is -2.36. The molecule has 0 aromatic carbocycles. The van der Waals surface area contributed by atoms with Crippen LogP contribution in [0.25, 0.3) is 0 Å². The van der Waals surface area contributed by atoms with E-state index in [9.17, 15) is 8.42 Å². The molecule has 20 heavy (non-hydrogen) atoms. The Balaban J connectivity index is 2.34. The number of rotatable bonds is 5. The minimum atomic E-state index is -3.38. The molecule has 0 aliphatic carbocycles. The van der Waals surface area contributed by atoms with E-state index in [0.29, 0.717) is 24.5 Å². The molecule has 0 saturated carbocycles. The largest absolute Gasteiger partial charge is 0.312 e. The van der Waals surface area contributed by atoms with Gasteiger partial charge in [-0.3, -0.25) is 0 Å². The molecule has 0 spiro atoms. The number of aryl methyl sites for hydroxylation is 1. The van der Waals surface area contributed by atoms with Gasteiger partial charge in [0.15, 0.2) is 0 Å². The van der Waals surface area contributed by atoms with E-state index in [0.717, 1.165) is 29.0 Å². The summed E-state index contributed by atoms with van der Waals surface area (Å²) >= 11 is 1.52. The molecule has 1 aromatic heterocycles. The van der Waals surface area contributed by atoms with Crippen molar-refractivity contribution >= 4 is 21.4 Å². The van der Waals surface area contributed by atoms with Crippen molar-refractivity contribution in [1.29, 1.82) is 0 Å². The monoisotopic (exact) mass is 314 g/mol. The normalized spacial score (nSPS) is 17.2. The summed E-state index contributed by atoms with van der Waals surface area (Å²) in [5, 5.41) is 5.15. The molecule has 0 bridgehead atoms. The highest BCUT2D eigenvalue weighted by Crippen LogP contribution is 2.30. The molecule has 0 atom stereocenters. The molecule has 1 aliphatic rings. The van der Waals surface area contributed by atoms with Gasteiger partial charge in [-0.05, 0) is 37.8 Å². The van der Waals surface area contributed by atoms with E-state index in [1.165, 1.54) is 11.3 Å². The maximum atomic E-state index is 12.9. The molecule has 0 radical (unpaired) electrons. The standard InChI is InChI=1S/C14H22N2O2S2/c1-4-15-8-13-14(12(3)10-19-13)20(17,18)16-7-5-6-11(2)9-16/h6,10,15H,4-5,7-9H2,1-3H3. The molecule has 6 heteroatoms. The van der Waals surface area contributed by atoms with Gasteiger partial charge in [-0.1, -0.05) is 18.6 Å². The second-order valence-corrected chi connectivity index (χ2v) is 7.97. The zero-order valence-corrected chi connectivity index (χ0v) is 13.9. The third kappa shape index (κ3) is 3.14. The molecule has 0 fully saturated rings. The predicted molar refractivity (Wildman–Crippen MR) is 83.6 cm³/mol. The molecule has 2 rings (SSSR count). The van der Waals surface area contributed by atoms with Gasteiger partial charge in [0.05, 0.1) is 0 Å². The van der Waals surface area contributed by atoms with Gasteiger partial charge in [0.25, 0.3) is 0 Å². The molecular weight excluding hydrogens is 292 g/mol. The van der Waals surface area contributed by atoms with Crippen LogP contribution in [0, 0.1) is 6.92 Å². The third-order valence-corrected chi connectivity index (χ3v) is 6.73. The van der Waals surface area contributed by atoms with Gasteiger partial charge in [-0.15, -0.1) is 11.3 Å². The van der Waals surface area contributed by atoms with E-state index >= 15 is 0 Å². The van der Waals surface area contributed by atoms with Crippen LogP contribution in [0.1, 0.15) is 30.7 Å². The summed E-state index contributed by atoms with van der Waals surface area (Å²) in [6.07, 6.45) is 2.92. The molecule has 112 valence electrons. The van der Waals surface area contributed by atoms with Crippen LogP contribution in [0.15, 0.2) is 21.9 Å². The maximum absolute atomic E-state index is 12.9. The summed E-state index contributed by atoms with van der Waals surface area (Å²) in [6, 6.07) is 0. The summed E-state index contributed by atoms with van der Waals surface area (Å²) < 4.78 is 27.4. The van der Waals surface area contributed by atoms with Gasteiger partial charge in [0, 0.05) is 24.5 Å². The first-order valence-electron chi connectivity index (χ1n) is 6.90. The zero-order chi connectivity index (χ0) is 14.8. The number of thiophene rings is 1. The average molecular weight is 314 g/mol. The minimum Gasteiger partial charge on any atom is -0.312 e. The van der Waals surface area contributed by atoms with Gasteiger partial charge in [0.2, 0.25) is 10.0 Å². The molecule has 0 amide bonds. The summed E-state index contributed by atoms with van der Waals surface area (Å²) in [5.74, 6) is 0. The van der Waals surface area contributed by atoms with E-state index in [4.69, 9.17) is 0 Å². The van der Waals surface area contributed by atoms with Crippen molar-refractivity contribution in [2.75, 3.05) is 19.6 Å². The molecule has 1 aromatic rings. The summed E-state index contributed by atoms with van der Waals surface area (Å²) in [5.41, 5.74) is 1.98. The van der Waals surface area contributed by atoms with Crippen molar-refractivity contribution in [3.8, 4) is 0 Å². The minimum absolute atomic E-state index is 0.512. The van der Waals surface area contributed by atoms with Gasteiger partial charge >= 0.3 is 0 Å². The molecule has 1 aliphatic heterocycles. The van der Waals surface area contributed by atoms with Gasteiger partial charge in [-0.25, -0.2) is 8.42 Å². The fraction of sp³-hybridized carbons (Fsp3) is 0.571. The fourth-order valence-electron chi connectivity index (χ4n) is 2.41. The van der Waals surface area contributed by atoms with E-state index in [2.05, 4.69) is 11.4 Å². The number of nitrogens with zero attached hydrogens (tertiary/aromatic N) is 1. The second kappa shape index (κ2) is 6.39. The highest BCUT2D eigenvalue weighted by atomic mass is 32.2. The first-order chi connectivity index (χ1) is 9.46. The Kier molecular flexibility index (Phi) is 5.01. The lowest BCUT2D eigenvalue weighted by Gasteiger charge is -2.26. The van der Waals surface area contributed by atoms with E-state index in [1.54, 1.807) is 4.31 Å².